The molecule has 0 bridgehead atoms. The van der Waals surface area contributed by atoms with E-state index in [1.165, 1.54) is 0 Å². The maximum atomic E-state index is 11.8. The summed E-state index contributed by atoms with van der Waals surface area (Å²) in [5, 5.41) is 2.79. The molecule has 116 valence electrons. The largest absolute Gasteiger partial charge is 0.452 e. The van der Waals surface area contributed by atoms with E-state index < -0.39 is 5.97 Å². The summed E-state index contributed by atoms with van der Waals surface area (Å²) in [7, 11) is 3.85. The Balaban J connectivity index is 2.48. The summed E-state index contributed by atoms with van der Waals surface area (Å²) < 4.78 is 5.01. The van der Waals surface area contributed by atoms with E-state index in [0.717, 1.165) is 5.69 Å². The summed E-state index contributed by atoms with van der Waals surface area (Å²) >= 11 is 0. The second kappa shape index (κ2) is 7.67. The maximum Gasteiger partial charge on any atom is 0.338 e. The van der Waals surface area contributed by atoms with Gasteiger partial charge in [0.15, 0.2) is 6.61 Å². The lowest BCUT2D eigenvalue weighted by molar-refractivity contribution is -0.125. The number of anilines is 1. The summed E-state index contributed by atoms with van der Waals surface area (Å²) in [6.45, 7) is 5.70. The molecule has 1 aromatic rings. The molecule has 1 aromatic carbocycles. The number of carbonyl (C=O) groups excluding carboxylic acids is 2. The molecule has 0 saturated carbocycles. The number of nitrogens with zero attached hydrogens (tertiary/aromatic N) is 1. The van der Waals surface area contributed by atoms with Crippen LogP contribution in [0.5, 0.6) is 0 Å². The van der Waals surface area contributed by atoms with Crippen molar-refractivity contribution < 1.29 is 14.3 Å². The minimum absolute atomic E-state index is 0.0515. The lowest BCUT2D eigenvalue weighted by Gasteiger charge is -2.17. The van der Waals surface area contributed by atoms with E-state index in [2.05, 4.69) is 5.32 Å². The van der Waals surface area contributed by atoms with Crippen LogP contribution in [0.2, 0.25) is 0 Å². The maximum absolute atomic E-state index is 11.8. The predicted octanol–water partition coefficient (Wildman–Crippen LogP) is 2.07. The summed E-state index contributed by atoms with van der Waals surface area (Å²) in [5.41, 5.74) is 1.43. The van der Waals surface area contributed by atoms with Crippen molar-refractivity contribution in [1.82, 2.24) is 5.32 Å². The number of hydrogen-bond donors (Lipinski definition) is 1. The SMILES string of the molecule is CC(C)[C@H](C)NC(=O)COC(=O)c1ccc(N(C)C)cc1. The number of amides is 1. The van der Waals surface area contributed by atoms with Gasteiger partial charge in [0.05, 0.1) is 5.56 Å². The number of carbonyl (C=O) groups is 2. The summed E-state index contributed by atoms with van der Waals surface area (Å²) in [5.74, 6) is -0.439. The molecule has 0 aliphatic rings. The molecule has 0 aromatic heterocycles. The van der Waals surface area contributed by atoms with E-state index in [4.69, 9.17) is 4.74 Å². The van der Waals surface area contributed by atoms with Crippen LogP contribution in [0.4, 0.5) is 5.69 Å². The van der Waals surface area contributed by atoms with Crippen LogP contribution in [-0.2, 0) is 9.53 Å². The first-order valence-corrected chi connectivity index (χ1v) is 7.05. The molecule has 1 amide bonds. The number of hydrogen-bond acceptors (Lipinski definition) is 4. The third-order valence-electron chi connectivity index (χ3n) is 3.34. The molecule has 0 fully saturated rings. The standard InChI is InChI=1S/C16H24N2O3/c1-11(2)12(3)17-15(19)10-21-16(20)13-6-8-14(9-7-13)18(4)5/h6-9,11-12H,10H2,1-5H3,(H,17,19)/t12-/m0/s1. The molecular weight excluding hydrogens is 268 g/mol. The van der Waals surface area contributed by atoms with Crippen LogP contribution in [0.1, 0.15) is 31.1 Å². The normalized spacial score (nSPS) is 11.9. The van der Waals surface area contributed by atoms with Crippen molar-refractivity contribution in [2.24, 2.45) is 5.92 Å². The number of esters is 1. The van der Waals surface area contributed by atoms with Crippen LogP contribution in [0.3, 0.4) is 0 Å². The van der Waals surface area contributed by atoms with E-state index in [9.17, 15) is 9.59 Å². The van der Waals surface area contributed by atoms with Gasteiger partial charge < -0.3 is 15.0 Å². The number of benzene rings is 1. The monoisotopic (exact) mass is 292 g/mol. The highest BCUT2D eigenvalue weighted by atomic mass is 16.5. The molecule has 0 spiro atoms. The van der Waals surface area contributed by atoms with Crippen molar-refractivity contribution in [3.8, 4) is 0 Å². The second-order valence-electron chi connectivity index (χ2n) is 5.62. The van der Waals surface area contributed by atoms with Gasteiger partial charge in [-0.1, -0.05) is 13.8 Å². The Hall–Kier alpha value is -2.04. The fourth-order valence-corrected chi connectivity index (χ4v) is 1.57. The first kappa shape index (κ1) is 17.0. The van der Waals surface area contributed by atoms with Gasteiger partial charge in [0.25, 0.3) is 5.91 Å². The molecule has 0 aliphatic carbocycles. The molecule has 1 rings (SSSR count). The Bertz CT molecular complexity index is 481. The van der Waals surface area contributed by atoms with Gasteiger partial charge in [-0.25, -0.2) is 4.79 Å². The molecule has 1 atom stereocenters. The predicted molar refractivity (Wildman–Crippen MR) is 83.5 cm³/mol. The van der Waals surface area contributed by atoms with Gasteiger partial charge in [0.2, 0.25) is 0 Å². The van der Waals surface area contributed by atoms with E-state index in [1.54, 1.807) is 12.1 Å². The number of ether oxygens (including phenoxy) is 1. The van der Waals surface area contributed by atoms with Crippen molar-refractivity contribution in [2.45, 2.75) is 26.8 Å². The van der Waals surface area contributed by atoms with Gasteiger partial charge in [-0.3, -0.25) is 4.79 Å². The van der Waals surface area contributed by atoms with Crippen LogP contribution in [0, 0.1) is 5.92 Å². The molecule has 0 heterocycles. The highest BCUT2D eigenvalue weighted by Crippen LogP contribution is 2.12. The topological polar surface area (TPSA) is 58.6 Å². The van der Waals surface area contributed by atoms with Gasteiger partial charge in [0.1, 0.15) is 0 Å². The van der Waals surface area contributed by atoms with E-state index in [1.807, 2.05) is 51.9 Å². The van der Waals surface area contributed by atoms with Crippen LogP contribution >= 0.6 is 0 Å². The fourth-order valence-electron chi connectivity index (χ4n) is 1.57. The summed E-state index contributed by atoms with van der Waals surface area (Å²) in [6.07, 6.45) is 0. The average Bonchev–Trinajstić information content (AvgIpc) is 2.44. The van der Waals surface area contributed by atoms with Crippen LogP contribution < -0.4 is 10.2 Å². The quantitative estimate of drug-likeness (QED) is 0.816. The fraction of sp³-hybridized carbons (Fsp3) is 0.500. The molecule has 0 radical (unpaired) electrons. The first-order chi connectivity index (χ1) is 9.81. The third kappa shape index (κ3) is 5.45. The zero-order valence-electron chi connectivity index (χ0n) is 13.3. The Morgan fingerprint density at radius 1 is 1.14 bits per heavy atom. The molecule has 0 unspecified atom stereocenters. The van der Waals surface area contributed by atoms with Crippen LogP contribution in [0.15, 0.2) is 24.3 Å². The molecule has 0 aliphatic heterocycles. The minimum atomic E-state index is -0.493. The van der Waals surface area contributed by atoms with E-state index in [-0.39, 0.29) is 18.6 Å². The van der Waals surface area contributed by atoms with E-state index in [0.29, 0.717) is 11.5 Å². The van der Waals surface area contributed by atoms with Crippen LogP contribution in [-0.4, -0.2) is 38.6 Å². The highest BCUT2D eigenvalue weighted by molar-refractivity contribution is 5.91. The highest BCUT2D eigenvalue weighted by Gasteiger charge is 2.13. The summed E-state index contributed by atoms with van der Waals surface area (Å²) in [6, 6.07) is 7.09. The third-order valence-corrected chi connectivity index (χ3v) is 3.34. The Kier molecular flexibility index (Phi) is 6.21. The van der Waals surface area contributed by atoms with E-state index >= 15 is 0 Å². The molecular formula is C16H24N2O3. The average molecular weight is 292 g/mol. The first-order valence-electron chi connectivity index (χ1n) is 7.05. The molecule has 21 heavy (non-hydrogen) atoms. The summed E-state index contributed by atoms with van der Waals surface area (Å²) in [4.78, 5) is 25.4. The number of nitrogens with one attached hydrogen (secondary N) is 1. The van der Waals surface area contributed by atoms with Gasteiger partial charge in [-0.05, 0) is 37.1 Å². The lowest BCUT2D eigenvalue weighted by atomic mass is 10.1. The molecule has 0 saturated heterocycles. The zero-order chi connectivity index (χ0) is 16.0. The molecule has 1 N–H and O–H groups in total. The molecule has 5 nitrogen and oxygen atoms in total. The van der Waals surface area contributed by atoms with Gasteiger partial charge in [0, 0.05) is 25.8 Å². The number of rotatable bonds is 6. The van der Waals surface area contributed by atoms with Crippen molar-refractivity contribution in [1.29, 1.82) is 0 Å². The van der Waals surface area contributed by atoms with Crippen LogP contribution in [0.25, 0.3) is 0 Å². The zero-order valence-corrected chi connectivity index (χ0v) is 13.3. The minimum Gasteiger partial charge on any atom is -0.452 e. The van der Waals surface area contributed by atoms with Crippen molar-refractivity contribution in [2.75, 3.05) is 25.6 Å². The van der Waals surface area contributed by atoms with Crippen molar-refractivity contribution >= 4 is 17.6 Å². The Labute approximate surface area is 126 Å². The Morgan fingerprint density at radius 2 is 1.71 bits per heavy atom. The molecule has 5 heteroatoms. The lowest BCUT2D eigenvalue weighted by Crippen LogP contribution is -2.38. The second-order valence-corrected chi connectivity index (χ2v) is 5.62. The van der Waals surface area contributed by atoms with Gasteiger partial charge >= 0.3 is 5.97 Å². The van der Waals surface area contributed by atoms with Gasteiger partial charge in [-0.2, -0.15) is 0 Å². The smallest absolute Gasteiger partial charge is 0.338 e. The van der Waals surface area contributed by atoms with Gasteiger partial charge in [-0.15, -0.1) is 0 Å². The Morgan fingerprint density at radius 3 is 2.19 bits per heavy atom. The van der Waals surface area contributed by atoms with Crippen molar-refractivity contribution in [3.05, 3.63) is 29.8 Å². The van der Waals surface area contributed by atoms with Crippen molar-refractivity contribution in [3.63, 3.8) is 0 Å².